The van der Waals surface area contributed by atoms with Crippen molar-refractivity contribution in [3.63, 3.8) is 0 Å². The molecule has 0 N–H and O–H groups in total. The number of benzene rings is 2. The summed E-state index contributed by atoms with van der Waals surface area (Å²) in [5, 5.41) is 4.16. The molecule has 0 aliphatic carbocycles. The Morgan fingerprint density at radius 1 is 1.16 bits per heavy atom. The molecule has 0 radical (unpaired) electrons. The van der Waals surface area contributed by atoms with Gasteiger partial charge in [-0.2, -0.15) is 0 Å². The fraction of sp³-hybridized carbons (Fsp3) is 0.174. The molecule has 158 valence electrons. The highest BCUT2D eigenvalue weighted by Gasteiger charge is 2.23. The summed E-state index contributed by atoms with van der Waals surface area (Å²) in [5.41, 5.74) is 0.561. The average molecular weight is 442 g/mol. The molecule has 2 aromatic carbocycles. The van der Waals surface area contributed by atoms with Crippen LogP contribution in [0.2, 0.25) is 5.02 Å². The summed E-state index contributed by atoms with van der Waals surface area (Å²) in [4.78, 5) is 25.7. The first-order valence-corrected chi connectivity index (χ1v) is 9.88. The third kappa shape index (κ3) is 3.61. The molecule has 0 fully saturated rings. The first-order valence-electron chi connectivity index (χ1n) is 9.51. The number of fused-ring (bicyclic) bond motifs is 1. The molecular formula is C23H17ClFNO5. The average Bonchev–Trinajstić information content (AvgIpc) is 3.10. The summed E-state index contributed by atoms with van der Waals surface area (Å²) in [7, 11) is 0. The van der Waals surface area contributed by atoms with Crippen LogP contribution in [-0.2, 0) is 6.42 Å². The van der Waals surface area contributed by atoms with Gasteiger partial charge in [0.25, 0.3) is 0 Å². The van der Waals surface area contributed by atoms with Crippen molar-refractivity contribution in [1.29, 1.82) is 0 Å². The molecule has 0 spiro atoms. The zero-order valence-electron chi connectivity index (χ0n) is 16.9. The van der Waals surface area contributed by atoms with E-state index in [2.05, 4.69) is 5.16 Å². The summed E-state index contributed by atoms with van der Waals surface area (Å²) in [5.74, 6) is -0.515. The Morgan fingerprint density at radius 3 is 2.65 bits per heavy atom. The molecule has 0 aliphatic heterocycles. The Labute approximate surface area is 181 Å². The highest BCUT2D eigenvalue weighted by Crippen LogP contribution is 2.33. The minimum atomic E-state index is -0.622. The molecule has 0 amide bonds. The number of carbonyl (C=O) groups excluding carboxylic acids is 1. The van der Waals surface area contributed by atoms with Crippen LogP contribution in [0.4, 0.5) is 4.39 Å². The molecule has 2 heterocycles. The second kappa shape index (κ2) is 8.00. The van der Waals surface area contributed by atoms with Crippen LogP contribution in [0.1, 0.15) is 34.5 Å². The third-order valence-electron chi connectivity index (χ3n) is 4.94. The van der Waals surface area contributed by atoms with Gasteiger partial charge in [-0.1, -0.05) is 29.7 Å². The molecule has 0 saturated carbocycles. The standard InChI is InChI=1S/C23H17ClFNO5/c1-4-17-19(12(3)31-26-17)23(28)30-13-8-9-14-18(10-13)29-11(2)20(22(14)27)21-15(24)6-5-7-16(21)25/h5-10H,4H2,1-3H3. The fourth-order valence-corrected chi connectivity index (χ4v) is 3.71. The molecule has 2 aromatic heterocycles. The van der Waals surface area contributed by atoms with Gasteiger partial charge in [-0.15, -0.1) is 0 Å². The van der Waals surface area contributed by atoms with Gasteiger partial charge < -0.3 is 13.7 Å². The molecule has 0 aliphatic rings. The molecule has 31 heavy (non-hydrogen) atoms. The van der Waals surface area contributed by atoms with Gasteiger partial charge >= 0.3 is 5.97 Å². The smallest absolute Gasteiger partial charge is 0.349 e. The summed E-state index contributed by atoms with van der Waals surface area (Å²) < 4.78 is 30.7. The number of hydrogen-bond acceptors (Lipinski definition) is 6. The topological polar surface area (TPSA) is 82.5 Å². The lowest BCUT2D eigenvalue weighted by Gasteiger charge is -2.10. The van der Waals surface area contributed by atoms with Gasteiger partial charge in [-0.05, 0) is 44.5 Å². The molecule has 0 saturated heterocycles. The van der Waals surface area contributed by atoms with Crippen molar-refractivity contribution in [2.75, 3.05) is 0 Å². The van der Waals surface area contributed by atoms with Crippen LogP contribution in [0.3, 0.4) is 0 Å². The number of nitrogens with zero attached hydrogens (tertiary/aromatic N) is 1. The summed E-state index contributed by atoms with van der Waals surface area (Å²) in [6.45, 7) is 5.02. The highest BCUT2D eigenvalue weighted by molar-refractivity contribution is 6.33. The van der Waals surface area contributed by atoms with Crippen LogP contribution in [0.5, 0.6) is 5.75 Å². The Kier molecular flexibility index (Phi) is 5.37. The number of carbonyl (C=O) groups is 1. The van der Waals surface area contributed by atoms with E-state index in [4.69, 9.17) is 25.3 Å². The number of esters is 1. The van der Waals surface area contributed by atoms with Crippen LogP contribution in [0.15, 0.2) is 50.1 Å². The van der Waals surface area contributed by atoms with Crippen LogP contribution >= 0.6 is 11.6 Å². The van der Waals surface area contributed by atoms with E-state index in [0.29, 0.717) is 17.9 Å². The SMILES string of the molecule is CCc1noc(C)c1C(=O)Oc1ccc2c(=O)c(-c3c(F)cccc3Cl)c(C)oc2c1. The zero-order chi connectivity index (χ0) is 22.3. The minimum Gasteiger partial charge on any atom is -0.460 e. The number of hydrogen-bond donors (Lipinski definition) is 0. The van der Waals surface area contributed by atoms with E-state index < -0.39 is 17.2 Å². The lowest BCUT2D eigenvalue weighted by Crippen LogP contribution is -2.12. The van der Waals surface area contributed by atoms with E-state index in [-0.39, 0.29) is 44.2 Å². The number of aromatic nitrogens is 1. The molecule has 4 aromatic rings. The zero-order valence-corrected chi connectivity index (χ0v) is 17.7. The van der Waals surface area contributed by atoms with E-state index in [1.54, 1.807) is 13.8 Å². The van der Waals surface area contributed by atoms with Gasteiger partial charge in [-0.3, -0.25) is 4.79 Å². The fourth-order valence-electron chi connectivity index (χ4n) is 3.45. The van der Waals surface area contributed by atoms with Crippen molar-refractivity contribution in [2.24, 2.45) is 0 Å². The Bertz CT molecular complexity index is 1370. The van der Waals surface area contributed by atoms with Crippen molar-refractivity contribution in [2.45, 2.75) is 27.2 Å². The number of halogens is 2. The van der Waals surface area contributed by atoms with E-state index in [1.807, 2.05) is 6.92 Å². The van der Waals surface area contributed by atoms with Gasteiger partial charge in [0, 0.05) is 11.6 Å². The van der Waals surface area contributed by atoms with Gasteiger partial charge in [0.15, 0.2) is 0 Å². The van der Waals surface area contributed by atoms with Gasteiger partial charge in [-0.25, -0.2) is 9.18 Å². The second-order valence-corrected chi connectivity index (χ2v) is 7.33. The van der Waals surface area contributed by atoms with Crippen molar-refractivity contribution in [3.8, 4) is 16.9 Å². The summed E-state index contributed by atoms with van der Waals surface area (Å²) >= 11 is 6.14. The molecular weight excluding hydrogens is 425 g/mol. The monoisotopic (exact) mass is 441 g/mol. The van der Waals surface area contributed by atoms with Crippen LogP contribution < -0.4 is 10.2 Å². The molecule has 0 atom stereocenters. The largest absolute Gasteiger partial charge is 0.460 e. The van der Waals surface area contributed by atoms with Crippen molar-refractivity contribution in [3.05, 3.63) is 80.2 Å². The van der Waals surface area contributed by atoms with E-state index in [0.717, 1.165) is 0 Å². The lowest BCUT2D eigenvalue weighted by molar-refractivity contribution is 0.0732. The highest BCUT2D eigenvalue weighted by atomic mass is 35.5. The van der Waals surface area contributed by atoms with Crippen molar-refractivity contribution < 1.29 is 22.9 Å². The van der Waals surface area contributed by atoms with Gasteiger partial charge in [0.1, 0.15) is 34.2 Å². The molecule has 8 heteroatoms. The van der Waals surface area contributed by atoms with E-state index in [9.17, 15) is 14.0 Å². The van der Waals surface area contributed by atoms with E-state index >= 15 is 0 Å². The minimum absolute atomic E-state index is 0.0113. The predicted molar refractivity (Wildman–Crippen MR) is 113 cm³/mol. The third-order valence-corrected chi connectivity index (χ3v) is 5.25. The normalized spacial score (nSPS) is 11.1. The maximum atomic E-state index is 14.4. The number of rotatable bonds is 4. The van der Waals surface area contributed by atoms with Gasteiger partial charge in [0.2, 0.25) is 5.43 Å². The van der Waals surface area contributed by atoms with Gasteiger partial charge in [0.05, 0.1) is 21.7 Å². The number of ether oxygens (including phenoxy) is 1. The van der Waals surface area contributed by atoms with E-state index in [1.165, 1.54) is 36.4 Å². The lowest BCUT2D eigenvalue weighted by atomic mass is 10.0. The first-order chi connectivity index (χ1) is 14.8. The summed E-state index contributed by atoms with van der Waals surface area (Å²) in [6, 6.07) is 8.55. The predicted octanol–water partition coefficient (Wildman–Crippen LogP) is 5.64. The Balaban J connectivity index is 1.77. The Morgan fingerprint density at radius 2 is 1.94 bits per heavy atom. The molecule has 6 nitrogen and oxygen atoms in total. The quantitative estimate of drug-likeness (QED) is 0.301. The van der Waals surface area contributed by atoms with Crippen LogP contribution in [0, 0.1) is 19.7 Å². The maximum absolute atomic E-state index is 14.4. The van der Waals surface area contributed by atoms with Crippen molar-refractivity contribution >= 4 is 28.5 Å². The molecule has 0 bridgehead atoms. The Hall–Kier alpha value is -3.45. The number of aryl methyl sites for hydroxylation is 3. The summed E-state index contributed by atoms with van der Waals surface area (Å²) in [6.07, 6.45) is 0.509. The van der Waals surface area contributed by atoms with Crippen molar-refractivity contribution in [1.82, 2.24) is 5.16 Å². The maximum Gasteiger partial charge on any atom is 0.349 e. The van der Waals surface area contributed by atoms with Crippen LogP contribution in [-0.4, -0.2) is 11.1 Å². The van der Waals surface area contributed by atoms with Crippen LogP contribution in [0.25, 0.3) is 22.1 Å². The molecule has 4 rings (SSSR count). The molecule has 0 unspecified atom stereocenters. The first kappa shape index (κ1) is 20.8. The second-order valence-electron chi connectivity index (χ2n) is 6.92.